The molecule has 1 atom stereocenters. The molecule has 0 aromatic carbocycles. The number of nitrogens with one attached hydrogen (secondary N) is 1. The number of rotatable bonds is 6. The predicted octanol–water partition coefficient (Wildman–Crippen LogP) is 3.41. The molecule has 0 radical (unpaired) electrons. The van der Waals surface area contributed by atoms with E-state index in [1.165, 1.54) is 11.3 Å². The summed E-state index contributed by atoms with van der Waals surface area (Å²) in [7, 11) is 0. The summed E-state index contributed by atoms with van der Waals surface area (Å²) < 4.78 is 1.86. The van der Waals surface area contributed by atoms with Crippen LogP contribution < -0.4 is 0 Å². The Bertz CT molecular complexity index is 745. The SMILES string of the molecule is CCc1cn[nH]c1[C@H]1CCCN(C(=O)c2cc(CC(C)C)nn2CC)C1. The van der Waals surface area contributed by atoms with Crippen molar-refractivity contribution in [2.75, 3.05) is 13.1 Å². The predicted molar refractivity (Wildman–Crippen MR) is 102 cm³/mol. The van der Waals surface area contributed by atoms with Gasteiger partial charge in [0.1, 0.15) is 5.69 Å². The highest BCUT2D eigenvalue weighted by atomic mass is 16.2. The molecule has 1 saturated heterocycles. The summed E-state index contributed by atoms with van der Waals surface area (Å²) in [6.45, 7) is 10.8. The summed E-state index contributed by atoms with van der Waals surface area (Å²) in [6, 6.07) is 1.99. The van der Waals surface area contributed by atoms with Crippen molar-refractivity contribution >= 4 is 5.91 Å². The quantitative estimate of drug-likeness (QED) is 0.861. The first-order chi connectivity index (χ1) is 12.5. The Labute approximate surface area is 156 Å². The molecule has 6 nitrogen and oxygen atoms in total. The Balaban J connectivity index is 1.78. The molecule has 26 heavy (non-hydrogen) atoms. The maximum Gasteiger partial charge on any atom is 0.272 e. The monoisotopic (exact) mass is 357 g/mol. The maximum absolute atomic E-state index is 13.2. The normalized spacial score (nSPS) is 17.9. The molecule has 0 spiro atoms. The van der Waals surface area contributed by atoms with E-state index in [2.05, 4.69) is 36.1 Å². The largest absolute Gasteiger partial charge is 0.337 e. The Kier molecular flexibility index (Phi) is 5.79. The molecule has 1 aliphatic heterocycles. The summed E-state index contributed by atoms with van der Waals surface area (Å²) in [4.78, 5) is 15.2. The van der Waals surface area contributed by atoms with E-state index in [0.717, 1.165) is 56.7 Å². The molecule has 0 bridgehead atoms. The molecule has 142 valence electrons. The fraction of sp³-hybridized carbons (Fsp3) is 0.650. The van der Waals surface area contributed by atoms with E-state index in [1.54, 1.807) is 0 Å². The number of H-pyrrole nitrogens is 1. The smallest absolute Gasteiger partial charge is 0.272 e. The van der Waals surface area contributed by atoms with Crippen LogP contribution >= 0.6 is 0 Å². The van der Waals surface area contributed by atoms with Gasteiger partial charge in [0.2, 0.25) is 0 Å². The van der Waals surface area contributed by atoms with E-state index < -0.39 is 0 Å². The molecule has 6 heteroatoms. The number of hydrogen-bond acceptors (Lipinski definition) is 3. The lowest BCUT2D eigenvalue weighted by Crippen LogP contribution is -2.40. The average Bonchev–Trinajstić information content (AvgIpc) is 3.27. The van der Waals surface area contributed by atoms with Crippen LogP contribution in [-0.4, -0.2) is 43.9 Å². The zero-order chi connectivity index (χ0) is 18.7. The van der Waals surface area contributed by atoms with Gasteiger partial charge in [-0.3, -0.25) is 14.6 Å². The second-order valence-corrected chi connectivity index (χ2v) is 7.69. The molecule has 3 rings (SSSR count). The molecule has 0 saturated carbocycles. The first-order valence-electron chi connectivity index (χ1n) is 9.91. The Hall–Kier alpha value is -2.11. The number of carbonyl (C=O) groups excluding carboxylic acids is 1. The van der Waals surface area contributed by atoms with Crippen molar-refractivity contribution in [2.24, 2.45) is 5.92 Å². The third-order valence-electron chi connectivity index (χ3n) is 5.22. The van der Waals surface area contributed by atoms with Crippen LogP contribution in [0.15, 0.2) is 12.3 Å². The van der Waals surface area contributed by atoms with Crippen LogP contribution in [0.1, 0.15) is 73.9 Å². The van der Waals surface area contributed by atoms with E-state index >= 15 is 0 Å². The molecule has 0 aliphatic carbocycles. The van der Waals surface area contributed by atoms with Gasteiger partial charge >= 0.3 is 0 Å². The average molecular weight is 358 g/mol. The summed E-state index contributed by atoms with van der Waals surface area (Å²) in [5.74, 6) is 0.986. The van der Waals surface area contributed by atoms with E-state index in [-0.39, 0.29) is 5.91 Å². The second kappa shape index (κ2) is 8.06. The molecule has 1 N–H and O–H groups in total. The Morgan fingerprint density at radius 1 is 1.38 bits per heavy atom. The lowest BCUT2D eigenvalue weighted by atomic mass is 9.92. The van der Waals surface area contributed by atoms with Gasteiger partial charge in [0.15, 0.2) is 0 Å². The minimum absolute atomic E-state index is 0.108. The van der Waals surface area contributed by atoms with Crippen molar-refractivity contribution in [3.63, 3.8) is 0 Å². The Morgan fingerprint density at radius 2 is 2.19 bits per heavy atom. The van der Waals surface area contributed by atoms with Crippen LogP contribution in [0, 0.1) is 5.92 Å². The van der Waals surface area contributed by atoms with Crippen LogP contribution in [0.3, 0.4) is 0 Å². The van der Waals surface area contributed by atoms with Gasteiger partial charge < -0.3 is 4.90 Å². The summed E-state index contributed by atoms with van der Waals surface area (Å²) in [6.07, 6.45) is 5.92. The number of hydrogen-bond donors (Lipinski definition) is 1. The number of aryl methyl sites for hydroxylation is 2. The first kappa shape index (κ1) is 18.7. The van der Waals surface area contributed by atoms with Crippen LogP contribution in [0.25, 0.3) is 0 Å². The van der Waals surface area contributed by atoms with Crippen molar-refractivity contribution in [2.45, 2.75) is 65.8 Å². The molecular weight excluding hydrogens is 326 g/mol. The van der Waals surface area contributed by atoms with Crippen LogP contribution in [0.5, 0.6) is 0 Å². The van der Waals surface area contributed by atoms with Crippen molar-refractivity contribution in [3.8, 4) is 0 Å². The van der Waals surface area contributed by atoms with E-state index in [4.69, 9.17) is 0 Å². The zero-order valence-corrected chi connectivity index (χ0v) is 16.5. The minimum atomic E-state index is 0.108. The van der Waals surface area contributed by atoms with Crippen molar-refractivity contribution in [1.29, 1.82) is 0 Å². The van der Waals surface area contributed by atoms with Crippen molar-refractivity contribution in [3.05, 3.63) is 34.9 Å². The van der Waals surface area contributed by atoms with E-state index in [0.29, 0.717) is 11.8 Å². The van der Waals surface area contributed by atoms with Crippen molar-refractivity contribution < 1.29 is 4.79 Å². The Morgan fingerprint density at radius 3 is 2.88 bits per heavy atom. The number of aromatic nitrogens is 4. The van der Waals surface area contributed by atoms with Gasteiger partial charge in [-0.1, -0.05) is 20.8 Å². The number of amides is 1. The molecule has 0 unspecified atom stereocenters. The number of aromatic amines is 1. The topological polar surface area (TPSA) is 66.8 Å². The molecule has 2 aromatic heterocycles. The minimum Gasteiger partial charge on any atom is -0.337 e. The highest BCUT2D eigenvalue weighted by Gasteiger charge is 2.29. The number of piperidine rings is 1. The molecule has 2 aromatic rings. The third-order valence-corrected chi connectivity index (χ3v) is 5.22. The third kappa shape index (κ3) is 3.84. The molecular formula is C20H31N5O. The number of nitrogens with zero attached hydrogens (tertiary/aromatic N) is 4. The van der Waals surface area contributed by atoms with Crippen LogP contribution in [-0.2, 0) is 19.4 Å². The number of carbonyl (C=O) groups is 1. The highest BCUT2D eigenvalue weighted by molar-refractivity contribution is 5.92. The van der Waals surface area contributed by atoms with Gasteiger partial charge in [-0.05, 0) is 50.2 Å². The maximum atomic E-state index is 13.2. The highest BCUT2D eigenvalue weighted by Crippen LogP contribution is 2.29. The molecule has 3 heterocycles. The fourth-order valence-corrected chi connectivity index (χ4v) is 3.92. The van der Waals surface area contributed by atoms with Gasteiger partial charge in [0.05, 0.1) is 11.9 Å². The van der Waals surface area contributed by atoms with Gasteiger partial charge in [-0.25, -0.2) is 0 Å². The van der Waals surface area contributed by atoms with Crippen LogP contribution in [0.2, 0.25) is 0 Å². The fourth-order valence-electron chi connectivity index (χ4n) is 3.92. The zero-order valence-electron chi connectivity index (χ0n) is 16.5. The van der Waals surface area contributed by atoms with E-state index in [9.17, 15) is 4.79 Å². The van der Waals surface area contributed by atoms with Crippen molar-refractivity contribution in [1.82, 2.24) is 24.9 Å². The summed E-state index contributed by atoms with van der Waals surface area (Å²) in [5.41, 5.74) is 4.21. The standard InChI is InChI=1S/C20H31N5O/c1-5-15-12-21-22-19(15)16-8-7-9-24(13-16)20(26)18-11-17(10-14(3)4)23-25(18)6-2/h11-12,14,16H,5-10,13H2,1-4H3,(H,21,22)/t16-/m0/s1. The molecule has 1 aliphatic rings. The second-order valence-electron chi connectivity index (χ2n) is 7.69. The van der Waals surface area contributed by atoms with Crippen LogP contribution in [0.4, 0.5) is 0 Å². The first-order valence-corrected chi connectivity index (χ1v) is 9.91. The van der Waals surface area contributed by atoms with Gasteiger partial charge in [0.25, 0.3) is 5.91 Å². The molecule has 1 amide bonds. The summed E-state index contributed by atoms with van der Waals surface area (Å²) in [5, 5.41) is 12.0. The lowest BCUT2D eigenvalue weighted by molar-refractivity contribution is 0.0693. The van der Waals surface area contributed by atoms with Gasteiger partial charge in [-0.15, -0.1) is 0 Å². The van der Waals surface area contributed by atoms with Gasteiger partial charge in [-0.2, -0.15) is 10.2 Å². The van der Waals surface area contributed by atoms with E-state index in [1.807, 2.05) is 28.8 Å². The summed E-state index contributed by atoms with van der Waals surface area (Å²) >= 11 is 0. The van der Waals surface area contributed by atoms with Gasteiger partial charge in [0, 0.05) is 31.2 Å². The number of likely N-dealkylation sites (tertiary alicyclic amines) is 1. The molecule has 1 fully saturated rings. The lowest BCUT2D eigenvalue weighted by Gasteiger charge is -2.32.